The van der Waals surface area contributed by atoms with Gasteiger partial charge in [0.05, 0.1) is 0 Å². The molecule has 0 aliphatic carbocycles. The second-order valence-electron chi connectivity index (χ2n) is 5.22. The highest BCUT2D eigenvalue weighted by Gasteiger charge is 2.27. The Morgan fingerprint density at radius 3 is 2.61 bits per heavy atom. The van der Waals surface area contributed by atoms with E-state index in [0.29, 0.717) is 5.41 Å². The minimum atomic E-state index is 0.301. The molecule has 2 N–H and O–H groups in total. The summed E-state index contributed by atoms with van der Waals surface area (Å²) >= 11 is 0. The Morgan fingerprint density at radius 2 is 1.94 bits per heavy atom. The topological polar surface area (TPSA) is 59.1 Å². The molecule has 0 spiro atoms. The number of anilines is 2. The molecule has 0 atom stereocenters. The van der Waals surface area contributed by atoms with Gasteiger partial charge in [-0.3, -0.25) is 0 Å². The van der Waals surface area contributed by atoms with Crippen LogP contribution in [0.4, 0.5) is 11.6 Å². The van der Waals surface area contributed by atoms with Crippen molar-refractivity contribution in [1.82, 2.24) is 9.97 Å². The summed E-state index contributed by atoms with van der Waals surface area (Å²) in [7, 11) is 1.87. The van der Waals surface area contributed by atoms with Crippen LogP contribution < -0.4 is 10.6 Å². The Morgan fingerprint density at radius 1 is 1.28 bits per heavy atom. The standard InChI is InChI=1S/C13H22N4O/c1-10-11(14-3)16-9-17-12(10)15-8-13(2)4-6-18-7-5-13/h9H,4-8H2,1-3H3,(H2,14,15,16,17). The number of ether oxygens (including phenoxy) is 1. The zero-order chi connectivity index (χ0) is 13.0. The summed E-state index contributed by atoms with van der Waals surface area (Å²) in [4.78, 5) is 8.50. The molecule has 100 valence electrons. The Hall–Kier alpha value is -1.36. The van der Waals surface area contributed by atoms with E-state index in [1.165, 1.54) is 0 Å². The van der Waals surface area contributed by atoms with Crippen LogP contribution in [0.2, 0.25) is 0 Å². The number of hydrogen-bond acceptors (Lipinski definition) is 5. The van der Waals surface area contributed by atoms with Crippen molar-refractivity contribution in [3.05, 3.63) is 11.9 Å². The fourth-order valence-electron chi connectivity index (χ4n) is 2.22. The summed E-state index contributed by atoms with van der Waals surface area (Å²) in [6, 6.07) is 0. The normalized spacial score (nSPS) is 18.4. The van der Waals surface area contributed by atoms with Crippen molar-refractivity contribution < 1.29 is 4.74 Å². The molecular formula is C13H22N4O. The lowest BCUT2D eigenvalue weighted by atomic mass is 9.82. The van der Waals surface area contributed by atoms with Gasteiger partial charge in [0.25, 0.3) is 0 Å². The van der Waals surface area contributed by atoms with Crippen LogP contribution in [0.15, 0.2) is 6.33 Å². The lowest BCUT2D eigenvalue weighted by Crippen LogP contribution is -2.33. The van der Waals surface area contributed by atoms with Crippen LogP contribution in [-0.4, -0.2) is 36.8 Å². The van der Waals surface area contributed by atoms with Crippen molar-refractivity contribution >= 4 is 11.6 Å². The number of aromatic nitrogens is 2. The first-order valence-electron chi connectivity index (χ1n) is 6.46. The van der Waals surface area contributed by atoms with Gasteiger partial charge in [-0.1, -0.05) is 6.92 Å². The summed E-state index contributed by atoms with van der Waals surface area (Å²) in [5, 5.41) is 6.52. The van der Waals surface area contributed by atoms with Gasteiger partial charge in [-0.15, -0.1) is 0 Å². The quantitative estimate of drug-likeness (QED) is 0.856. The highest BCUT2D eigenvalue weighted by molar-refractivity contribution is 5.56. The number of hydrogen-bond donors (Lipinski definition) is 2. The van der Waals surface area contributed by atoms with Gasteiger partial charge in [-0.05, 0) is 25.2 Å². The first kappa shape index (κ1) is 13.1. The molecule has 1 fully saturated rings. The molecule has 2 rings (SSSR count). The van der Waals surface area contributed by atoms with Crippen molar-refractivity contribution in [2.75, 3.05) is 37.4 Å². The molecule has 1 aliphatic rings. The summed E-state index contributed by atoms with van der Waals surface area (Å²) < 4.78 is 5.41. The minimum absolute atomic E-state index is 0.301. The van der Waals surface area contributed by atoms with Gasteiger partial charge < -0.3 is 15.4 Å². The number of nitrogens with one attached hydrogen (secondary N) is 2. The summed E-state index contributed by atoms with van der Waals surface area (Å²) in [5.74, 6) is 1.80. The molecule has 1 aliphatic heterocycles. The molecule has 0 aromatic carbocycles. The molecule has 0 saturated carbocycles. The van der Waals surface area contributed by atoms with Crippen molar-refractivity contribution in [2.45, 2.75) is 26.7 Å². The van der Waals surface area contributed by atoms with Crippen LogP contribution in [0, 0.1) is 12.3 Å². The SMILES string of the molecule is CNc1ncnc(NCC2(C)CCOCC2)c1C. The van der Waals surface area contributed by atoms with Gasteiger partial charge in [-0.2, -0.15) is 0 Å². The van der Waals surface area contributed by atoms with Crippen LogP contribution in [0.3, 0.4) is 0 Å². The fraction of sp³-hybridized carbons (Fsp3) is 0.692. The molecule has 0 amide bonds. The molecule has 1 aromatic heterocycles. The Labute approximate surface area is 108 Å². The molecule has 18 heavy (non-hydrogen) atoms. The maximum Gasteiger partial charge on any atom is 0.134 e. The van der Waals surface area contributed by atoms with E-state index in [0.717, 1.165) is 49.8 Å². The van der Waals surface area contributed by atoms with E-state index >= 15 is 0 Å². The fourth-order valence-corrected chi connectivity index (χ4v) is 2.22. The van der Waals surface area contributed by atoms with Crippen LogP contribution in [0.25, 0.3) is 0 Å². The second kappa shape index (κ2) is 5.52. The molecular weight excluding hydrogens is 228 g/mol. The van der Waals surface area contributed by atoms with Crippen LogP contribution in [0.1, 0.15) is 25.3 Å². The molecule has 0 radical (unpaired) electrons. The molecule has 5 nitrogen and oxygen atoms in total. The summed E-state index contributed by atoms with van der Waals surface area (Å²) in [6.45, 7) is 6.99. The predicted octanol–water partition coefficient (Wildman–Crippen LogP) is 2.06. The molecule has 2 heterocycles. The van der Waals surface area contributed by atoms with Crippen molar-refractivity contribution in [3.63, 3.8) is 0 Å². The third kappa shape index (κ3) is 2.90. The molecule has 0 bridgehead atoms. The van der Waals surface area contributed by atoms with Gasteiger partial charge >= 0.3 is 0 Å². The van der Waals surface area contributed by atoms with E-state index in [1.807, 2.05) is 14.0 Å². The van der Waals surface area contributed by atoms with Crippen LogP contribution in [0.5, 0.6) is 0 Å². The average molecular weight is 250 g/mol. The summed E-state index contributed by atoms with van der Waals surface area (Å²) in [5.41, 5.74) is 1.37. The molecule has 1 saturated heterocycles. The van der Waals surface area contributed by atoms with E-state index in [9.17, 15) is 0 Å². The largest absolute Gasteiger partial charge is 0.381 e. The molecule has 0 unspecified atom stereocenters. The van der Waals surface area contributed by atoms with E-state index < -0.39 is 0 Å². The Balaban J connectivity index is 2.01. The zero-order valence-electron chi connectivity index (χ0n) is 11.4. The van der Waals surface area contributed by atoms with E-state index in [2.05, 4.69) is 27.5 Å². The number of nitrogens with zero attached hydrogens (tertiary/aromatic N) is 2. The number of rotatable bonds is 4. The maximum absolute atomic E-state index is 5.41. The van der Waals surface area contributed by atoms with Gasteiger partial charge in [0.15, 0.2) is 0 Å². The zero-order valence-corrected chi connectivity index (χ0v) is 11.4. The maximum atomic E-state index is 5.41. The molecule has 1 aromatic rings. The monoisotopic (exact) mass is 250 g/mol. The van der Waals surface area contributed by atoms with Gasteiger partial charge in [0, 0.05) is 32.4 Å². The summed E-state index contributed by atoms with van der Waals surface area (Å²) in [6.07, 6.45) is 3.79. The van der Waals surface area contributed by atoms with Crippen LogP contribution in [-0.2, 0) is 4.74 Å². The van der Waals surface area contributed by atoms with Crippen molar-refractivity contribution in [2.24, 2.45) is 5.41 Å². The third-order valence-corrected chi connectivity index (χ3v) is 3.70. The van der Waals surface area contributed by atoms with Gasteiger partial charge in [0.2, 0.25) is 0 Å². The highest BCUT2D eigenvalue weighted by atomic mass is 16.5. The van der Waals surface area contributed by atoms with E-state index in [1.54, 1.807) is 6.33 Å². The van der Waals surface area contributed by atoms with E-state index in [4.69, 9.17) is 4.74 Å². The van der Waals surface area contributed by atoms with E-state index in [-0.39, 0.29) is 0 Å². The third-order valence-electron chi connectivity index (χ3n) is 3.70. The van der Waals surface area contributed by atoms with Crippen molar-refractivity contribution in [1.29, 1.82) is 0 Å². The minimum Gasteiger partial charge on any atom is -0.381 e. The predicted molar refractivity (Wildman–Crippen MR) is 73.0 cm³/mol. The average Bonchev–Trinajstić information content (AvgIpc) is 2.38. The molecule has 5 heteroatoms. The van der Waals surface area contributed by atoms with Crippen LogP contribution >= 0.6 is 0 Å². The highest BCUT2D eigenvalue weighted by Crippen LogP contribution is 2.30. The van der Waals surface area contributed by atoms with Gasteiger partial charge in [-0.25, -0.2) is 9.97 Å². The lowest BCUT2D eigenvalue weighted by molar-refractivity contribution is 0.0299. The lowest BCUT2D eigenvalue weighted by Gasteiger charge is -2.33. The smallest absolute Gasteiger partial charge is 0.134 e. The first-order valence-corrected chi connectivity index (χ1v) is 6.46. The van der Waals surface area contributed by atoms with Crippen molar-refractivity contribution in [3.8, 4) is 0 Å². The first-order chi connectivity index (χ1) is 8.64. The van der Waals surface area contributed by atoms with Gasteiger partial charge in [0.1, 0.15) is 18.0 Å². The Bertz CT molecular complexity index is 402. The second-order valence-corrected chi connectivity index (χ2v) is 5.22. The Kier molecular flexibility index (Phi) is 4.01.